The maximum absolute atomic E-state index is 13.0. The molecule has 0 aliphatic rings. The zero-order valence-corrected chi connectivity index (χ0v) is 48.6. The van der Waals surface area contributed by atoms with Crippen molar-refractivity contribution < 1.29 is 32.9 Å². The van der Waals surface area contributed by atoms with E-state index in [0.717, 1.165) is 44.9 Å². The molecule has 0 heterocycles. The van der Waals surface area contributed by atoms with Gasteiger partial charge < -0.3 is 28.8 Å². The minimum absolute atomic E-state index is 0.00869. The first-order chi connectivity index (χ1) is 34.5. The number of aliphatic hydroxyl groups is 1. The molecule has 0 rings (SSSR count). The number of nitrogens with one attached hydrogen (secondary N) is 1. The van der Waals surface area contributed by atoms with Gasteiger partial charge in [0.15, 0.2) is 0 Å². The summed E-state index contributed by atoms with van der Waals surface area (Å²) >= 11 is 0. The Kier molecular flexibility index (Phi) is 52.1. The van der Waals surface area contributed by atoms with Gasteiger partial charge in [-0.25, -0.2) is 0 Å². The Bertz CT molecular complexity index is 1290. The van der Waals surface area contributed by atoms with Crippen LogP contribution in [0, 0.1) is 0 Å². The summed E-state index contributed by atoms with van der Waals surface area (Å²) in [7, 11) is 1.24. The fourth-order valence-corrected chi connectivity index (χ4v) is 9.67. The molecule has 3 unspecified atom stereocenters. The number of aliphatic hydroxyl groups excluding tert-OH is 1. The highest BCUT2D eigenvalue weighted by molar-refractivity contribution is 7.45. The molecule has 9 heteroatoms. The Morgan fingerprint density at radius 3 is 1.14 bits per heavy atom. The number of hydrogen-bond donors (Lipinski definition) is 2. The average molecular weight is 1020 g/mol. The van der Waals surface area contributed by atoms with Crippen molar-refractivity contribution in [2.24, 2.45) is 0 Å². The van der Waals surface area contributed by atoms with E-state index in [1.165, 1.54) is 225 Å². The van der Waals surface area contributed by atoms with Crippen LogP contribution >= 0.6 is 7.82 Å². The van der Waals surface area contributed by atoms with Crippen LogP contribution in [-0.4, -0.2) is 68.5 Å². The molecule has 0 spiro atoms. The molecule has 0 bridgehead atoms. The van der Waals surface area contributed by atoms with Crippen LogP contribution in [-0.2, 0) is 18.4 Å². The lowest BCUT2D eigenvalue weighted by Crippen LogP contribution is -2.45. The molecule has 0 aliphatic carbocycles. The lowest BCUT2D eigenvalue weighted by molar-refractivity contribution is -0.870. The number of quaternary nitrogens is 1. The molecule has 0 aromatic heterocycles. The summed E-state index contributed by atoms with van der Waals surface area (Å²) in [5.41, 5.74) is 0. The third kappa shape index (κ3) is 56.0. The lowest BCUT2D eigenvalue weighted by atomic mass is 10.0. The number of carbonyl (C=O) groups is 1. The predicted molar refractivity (Wildman–Crippen MR) is 307 cm³/mol. The summed E-state index contributed by atoms with van der Waals surface area (Å²) < 4.78 is 23.3. The van der Waals surface area contributed by atoms with E-state index in [9.17, 15) is 19.4 Å². The third-order valence-electron chi connectivity index (χ3n) is 13.7. The number of hydrogen-bond acceptors (Lipinski definition) is 6. The zero-order valence-electron chi connectivity index (χ0n) is 47.7. The van der Waals surface area contributed by atoms with Crippen LogP contribution in [0.1, 0.15) is 290 Å². The summed E-state index contributed by atoms with van der Waals surface area (Å²) in [6.07, 6.45) is 70.7. The van der Waals surface area contributed by atoms with E-state index in [4.69, 9.17) is 9.05 Å². The van der Waals surface area contributed by atoms with E-state index >= 15 is 0 Å². The largest absolute Gasteiger partial charge is 0.756 e. The summed E-state index contributed by atoms with van der Waals surface area (Å²) in [4.78, 5) is 25.5. The van der Waals surface area contributed by atoms with Gasteiger partial charge in [0.25, 0.3) is 7.82 Å². The second-order valence-electron chi connectivity index (χ2n) is 22.0. The lowest BCUT2D eigenvalue weighted by Gasteiger charge is -2.29. The molecule has 0 radical (unpaired) electrons. The van der Waals surface area contributed by atoms with E-state index in [0.29, 0.717) is 17.4 Å². The smallest absolute Gasteiger partial charge is 0.268 e. The fourth-order valence-electron chi connectivity index (χ4n) is 8.95. The molecule has 0 aromatic carbocycles. The van der Waals surface area contributed by atoms with Crippen molar-refractivity contribution in [3.05, 3.63) is 48.6 Å². The molecule has 0 aromatic rings. The summed E-state index contributed by atoms with van der Waals surface area (Å²) in [6, 6.07) is -0.909. The van der Waals surface area contributed by atoms with Crippen LogP contribution in [0.5, 0.6) is 0 Å². The SMILES string of the molecule is CCCCCCCC/C=C/CC/C=C/CC/C=C/C(O)C(COP(=O)([O-])OCC[N+](C)(C)C)NC(=O)CCCCCCCCCCCCCCCCCCC/C=C\CCCCCCCCCCCCCC. The van der Waals surface area contributed by atoms with Crippen LogP contribution in [0.2, 0.25) is 0 Å². The molecule has 8 nitrogen and oxygen atoms in total. The van der Waals surface area contributed by atoms with Crippen molar-refractivity contribution in [1.82, 2.24) is 5.32 Å². The molecule has 2 N–H and O–H groups in total. The van der Waals surface area contributed by atoms with Gasteiger partial charge in [-0.3, -0.25) is 9.36 Å². The van der Waals surface area contributed by atoms with Gasteiger partial charge in [0.2, 0.25) is 5.91 Å². The quantitative estimate of drug-likeness (QED) is 0.0272. The van der Waals surface area contributed by atoms with E-state index in [1.54, 1.807) is 6.08 Å². The van der Waals surface area contributed by atoms with Crippen LogP contribution in [0.15, 0.2) is 48.6 Å². The zero-order chi connectivity index (χ0) is 52.0. The third-order valence-corrected chi connectivity index (χ3v) is 14.7. The number of allylic oxidation sites excluding steroid dienone is 7. The molecule has 0 aliphatic heterocycles. The van der Waals surface area contributed by atoms with Crippen molar-refractivity contribution >= 4 is 13.7 Å². The molecule has 1 amide bonds. The van der Waals surface area contributed by atoms with Gasteiger partial charge in [-0.1, -0.05) is 262 Å². The number of unbranched alkanes of at least 4 members (excludes halogenated alkanes) is 37. The van der Waals surface area contributed by atoms with Gasteiger partial charge in [0.1, 0.15) is 13.2 Å². The van der Waals surface area contributed by atoms with Crippen molar-refractivity contribution in [1.29, 1.82) is 0 Å². The second-order valence-corrected chi connectivity index (χ2v) is 23.4. The maximum atomic E-state index is 13.0. The summed E-state index contributed by atoms with van der Waals surface area (Å²) in [5.74, 6) is -0.208. The first-order valence-electron chi connectivity index (χ1n) is 30.5. The molecule has 418 valence electrons. The van der Waals surface area contributed by atoms with E-state index in [-0.39, 0.29) is 12.5 Å². The highest BCUT2D eigenvalue weighted by Gasteiger charge is 2.23. The van der Waals surface area contributed by atoms with Crippen molar-refractivity contribution in [3.63, 3.8) is 0 Å². The number of phosphoric ester groups is 1. The Hall–Kier alpha value is -1.54. The first kappa shape index (κ1) is 69.5. The summed E-state index contributed by atoms with van der Waals surface area (Å²) in [6.45, 7) is 4.64. The number of phosphoric acid groups is 1. The van der Waals surface area contributed by atoms with Crippen LogP contribution in [0.3, 0.4) is 0 Å². The minimum atomic E-state index is -4.61. The van der Waals surface area contributed by atoms with E-state index < -0.39 is 26.6 Å². The molecule has 0 saturated carbocycles. The normalized spacial score (nSPS) is 14.2. The van der Waals surface area contributed by atoms with E-state index in [1.807, 2.05) is 27.2 Å². The van der Waals surface area contributed by atoms with Gasteiger partial charge >= 0.3 is 0 Å². The topological polar surface area (TPSA) is 108 Å². The fraction of sp³-hybridized carbons (Fsp3) is 0.855. The Labute approximate surface area is 441 Å². The first-order valence-corrected chi connectivity index (χ1v) is 32.0. The maximum Gasteiger partial charge on any atom is 0.268 e. The van der Waals surface area contributed by atoms with Crippen molar-refractivity contribution in [2.45, 2.75) is 302 Å². The van der Waals surface area contributed by atoms with Gasteiger partial charge in [-0.2, -0.15) is 0 Å². The van der Waals surface area contributed by atoms with Gasteiger partial charge in [0, 0.05) is 6.42 Å². The molecular weight excluding hydrogens is 900 g/mol. The van der Waals surface area contributed by atoms with Crippen molar-refractivity contribution in [2.75, 3.05) is 40.9 Å². The highest BCUT2D eigenvalue weighted by Crippen LogP contribution is 2.38. The molecule has 0 fully saturated rings. The Morgan fingerprint density at radius 1 is 0.479 bits per heavy atom. The van der Waals surface area contributed by atoms with Crippen LogP contribution in [0.4, 0.5) is 0 Å². The number of amides is 1. The van der Waals surface area contributed by atoms with Crippen LogP contribution < -0.4 is 10.2 Å². The molecule has 71 heavy (non-hydrogen) atoms. The highest BCUT2D eigenvalue weighted by atomic mass is 31.2. The number of rotatable bonds is 56. The van der Waals surface area contributed by atoms with Gasteiger partial charge in [-0.05, 0) is 70.6 Å². The van der Waals surface area contributed by atoms with E-state index in [2.05, 4.69) is 55.6 Å². The number of carbonyl (C=O) groups excluding carboxylic acids is 1. The Balaban J connectivity index is 4.06. The molecule has 0 saturated heterocycles. The van der Waals surface area contributed by atoms with Crippen LogP contribution in [0.25, 0.3) is 0 Å². The van der Waals surface area contributed by atoms with Gasteiger partial charge in [0.05, 0.1) is 39.9 Å². The monoisotopic (exact) mass is 1020 g/mol. The predicted octanol–water partition coefficient (Wildman–Crippen LogP) is 18.1. The molecule has 3 atom stereocenters. The number of nitrogens with zero attached hydrogens (tertiary/aromatic N) is 1. The van der Waals surface area contributed by atoms with Crippen molar-refractivity contribution in [3.8, 4) is 0 Å². The summed E-state index contributed by atoms with van der Waals surface area (Å²) in [5, 5.41) is 13.8. The number of likely N-dealkylation sites (N-methyl/N-ethyl adjacent to an activating group) is 1. The molecular formula is C62H119N2O6P. The van der Waals surface area contributed by atoms with Gasteiger partial charge in [-0.15, -0.1) is 0 Å². The Morgan fingerprint density at radius 2 is 0.789 bits per heavy atom. The average Bonchev–Trinajstić information content (AvgIpc) is 3.33. The minimum Gasteiger partial charge on any atom is -0.756 e. The standard InChI is InChI=1S/C62H119N2O6P/c1-6-8-10-12-14-16-18-20-22-24-25-26-27-28-29-30-31-32-33-34-35-36-37-38-39-40-42-44-46-48-50-52-54-56-62(66)63-60(59-70-71(67,68)69-58-57-64(3,4)5)61(65)55-53-51-49-47-45-43-41-23-21-19-17-15-13-11-9-7-2/h21,23,28-29,45,47,53,55,60-61,65H,6-20,22,24-27,30-44,46,48-52,54,56-59H2,1-5H3,(H-,63,66,67,68)/b23-21+,29-28-,47-45+,55-53+. The second kappa shape index (κ2) is 53.3.